The molecule has 5 heteroatoms. The van der Waals surface area contributed by atoms with Crippen molar-refractivity contribution in [2.45, 2.75) is 25.9 Å². The van der Waals surface area contributed by atoms with Crippen LogP contribution < -0.4 is 0 Å². The highest BCUT2D eigenvalue weighted by Crippen LogP contribution is 2.18. The average Bonchev–Trinajstić information content (AvgIpc) is 2.68. The van der Waals surface area contributed by atoms with Crippen molar-refractivity contribution in [1.82, 2.24) is 4.90 Å². The number of ether oxygens (including phenoxy) is 1. The van der Waals surface area contributed by atoms with Crippen molar-refractivity contribution in [2.75, 3.05) is 20.2 Å². The normalized spacial score (nSPS) is 22.8. The number of hydrogen-bond acceptors (Lipinski definition) is 3. The van der Waals surface area contributed by atoms with Gasteiger partial charge in [0.25, 0.3) is 5.91 Å². The first-order valence-corrected chi connectivity index (χ1v) is 5.14. The minimum atomic E-state index is -0.823. The van der Waals surface area contributed by atoms with Crippen LogP contribution in [0.4, 0.5) is 0 Å². The molecule has 1 fully saturated rings. The van der Waals surface area contributed by atoms with Crippen LogP contribution >= 0.6 is 0 Å². The molecular formula is C10H17NO4. The summed E-state index contributed by atoms with van der Waals surface area (Å²) in [6.45, 7) is 2.71. The van der Waals surface area contributed by atoms with E-state index in [1.54, 1.807) is 4.90 Å². The molecular weight excluding hydrogens is 198 g/mol. The summed E-state index contributed by atoms with van der Waals surface area (Å²) in [6, 6.07) is 0. The van der Waals surface area contributed by atoms with E-state index in [-0.39, 0.29) is 5.91 Å². The number of hydrogen-bond donors (Lipinski definition) is 1. The summed E-state index contributed by atoms with van der Waals surface area (Å²) in [7, 11) is 1.50. The molecule has 1 aliphatic rings. The van der Waals surface area contributed by atoms with Gasteiger partial charge in [-0.1, -0.05) is 6.92 Å². The number of carboxylic acid groups (broad SMARTS) is 1. The molecule has 1 rings (SSSR count). The summed E-state index contributed by atoms with van der Waals surface area (Å²) in [5.41, 5.74) is 0. The SMILES string of the molecule is CCC(OC)C(=O)N1CCC(C(=O)O)C1. The van der Waals surface area contributed by atoms with Gasteiger partial charge < -0.3 is 14.7 Å². The van der Waals surface area contributed by atoms with Gasteiger partial charge in [0.15, 0.2) is 0 Å². The van der Waals surface area contributed by atoms with E-state index in [1.807, 2.05) is 6.92 Å². The number of likely N-dealkylation sites (tertiary alicyclic amines) is 1. The van der Waals surface area contributed by atoms with Gasteiger partial charge in [0, 0.05) is 20.2 Å². The molecule has 0 aliphatic carbocycles. The standard InChI is InChI=1S/C10H17NO4/c1-3-8(15-2)9(12)11-5-4-7(6-11)10(13)14/h7-8H,3-6H2,1-2H3,(H,13,14). The Kier molecular flexibility index (Phi) is 4.08. The number of carboxylic acids is 1. The molecule has 2 atom stereocenters. The van der Waals surface area contributed by atoms with Crippen LogP contribution in [0.2, 0.25) is 0 Å². The largest absolute Gasteiger partial charge is 0.481 e. The predicted molar refractivity (Wildman–Crippen MR) is 53.4 cm³/mol. The van der Waals surface area contributed by atoms with Crippen LogP contribution in [0, 0.1) is 5.92 Å². The van der Waals surface area contributed by atoms with E-state index in [0.717, 1.165) is 0 Å². The van der Waals surface area contributed by atoms with Crippen LogP contribution in [0.5, 0.6) is 0 Å². The highest BCUT2D eigenvalue weighted by molar-refractivity contribution is 5.82. The smallest absolute Gasteiger partial charge is 0.308 e. The van der Waals surface area contributed by atoms with E-state index in [9.17, 15) is 9.59 Å². The van der Waals surface area contributed by atoms with E-state index in [1.165, 1.54) is 7.11 Å². The lowest BCUT2D eigenvalue weighted by Crippen LogP contribution is -2.38. The van der Waals surface area contributed by atoms with Gasteiger partial charge in [-0.2, -0.15) is 0 Å². The average molecular weight is 215 g/mol. The second-order valence-corrected chi connectivity index (χ2v) is 3.74. The number of nitrogens with zero attached hydrogens (tertiary/aromatic N) is 1. The minimum Gasteiger partial charge on any atom is -0.481 e. The Balaban J connectivity index is 2.53. The van der Waals surface area contributed by atoms with Gasteiger partial charge in [0.2, 0.25) is 0 Å². The molecule has 1 N–H and O–H groups in total. The maximum atomic E-state index is 11.8. The first-order valence-electron chi connectivity index (χ1n) is 5.14. The van der Waals surface area contributed by atoms with Crippen LogP contribution in [0.25, 0.3) is 0 Å². The Morgan fingerprint density at radius 3 is 2.67 bits per heavy atom. The van der Waals surface area contributed by atoms with Crippen molar-refractivity contribution in [2.24, 2.45) is 5.92 Å². The third-order valence-corrected chi connectivity index (χ3v) is 2.78. The molecule has 1 saturated heterocycles. The third-order valence-electron chi connectivity index (χ3n) is 2.78. The molecule has 0 spiro atoms. The van der Waals surface area contributed by atoms with Crippen LogP contribution in [-0.4, -0.2) is 48.2 Å². The molecule has 1 amide bonds. The second-order valence-electron chi connectivity index (χ2n) is 3.74. The number of methoxy groups -OCH3 is 1. The Bertz CT molecular complexity index is 250. The molecule has 1 heterocycles. The topological polar surface area (TPSA) is 66.8 Å². The van der Waals surface area contributed by atoms with Gasteiger partial charge in [0.05, 0.1) is 5.92 Å². The first kappa shape index (κ1) is 12.0. The third kappa shape index (κ3) is 2.68. The molecule has 86 valence electrons. The van der Waals surface area contributed by atoms with E-state index >= 15 is 0 Å². The van der Waals surface area contributed by atoms with Crippen molar-refractivity contribution in [3.63, 3.8) is 0 Å². The first-order chi connectivity index (χ1) is 7.10. The summed E-state index contributed by atoms with van der Waals surface area (Å²) in [4.78, 5) is 24.1. The van der Waals surface area contributed by atoms with Crippen LogP contribution in [0.15, 0.2) is 0 Å². The van der Waals surface area contributed by atoms with Crippen molar-refractivity contribution in [3.8, 4) is 0 Å². The lowest BCUT2D eigenvalue weighted by atomic mass is 10.1. The second kappa shape index (κ2) is 5.11. The fourth-order valence-corrected chi connectivity index (χ4v) is 1.81. The molecule has 0 aromatic heterocycles. The summed E-state index contributed by atoms with van der Waals surface area (Å²) in [5.74, 6) is -1.33. The Morgan fingerprint density at radius 1 is 1.60 bits per heavy atom. The van der Waals surface area contributed by atoms with Gasteiger partial charge in [0.1, 0.15) is 6.10 Å². The Labute approximate surface area is 89.0 Å². The van der Waals surface area contributed by atoms with Gasteiger partial charge >= 0.3 is 5.97 Å². The quantitative estimate of drug-likeness (QED) is 0.734. The Hall–Kier alpha value is -1.10. The summed E-state index contributed by atoms with van der Waals surface area (Å²) in [5, 5.41) is 8.80. The van der Waals surface area contributed by atoms with Crippen molar-refractivity contribution in [3.05, 3.63) is 0 Å². The molecule has 1 aliphatic heterocycles. The molecule has 0 aromatic rings. The zero-order chi connectivity index (χ0) is 11.4. The monoisotopic (exact) mass is 215 g/mol. The molecule has 5 nitrogen and oxygen atoms in total. The van der Waals surface area contributed by atoms with Gasteiger partial charge in [-0.3, -0.25) is 9.59 Å². The Morgan fingerprint density at radius 2 is 2.27 bits per heavy atom. The summed E-state index contributed by atoms with van der Waals surface area (Å²) in [6.07, 6.45) is 0.725. The molecule has 2 unspecified atom stereocenters. The highest BCUT2D eigenvalue weighted by Gasteiger charge is 2.33. The van der Waals surface area contributed by atoms with E-state index in [2.05, 4.69) is 0 Å². The maximum Gasteiger partial charge on any atom is 0.308 e. The van der Waals surface area contributed by atoms with Crippen molar-refractivity contribution >= 4 is 11.9 Å². The van der Waals surface area contributed by atoms with Gasteiger partial charge in [-0.25, -0.2) is 0 Å². The maximum absolute atomic E-state index is 11.8. The minimum absolute atomic E-state index is 0.0937. The van der Waals surface area contributed by atoms with Gasteiger partial charge in [-0.15, -0.1) is 0 Å². The van der Waals surface area contributed by atoms with Crippen molar-refractivity contribution < 1.29 is 19.4 Å². The van der Waals surface area contributed by atoms with Crippen molar-refractivity contribution in [1.29, 1.82) is 0 Å². The fraction of sp³-hybridized carbons (Fsp3) is 0.800. The molecule has 0 aromatic carbocycles. The summed E-state index contributed by atoms with van der Waals surface area (Å²) >= 11 is 0. The van der Waals surface area contributed by atoms with Crippen LogP contribution in [0.3, 0.4) is 0 Å². The molecule has 0 radical (unpaired) electrons. The highest BCUT2D eigenvalue weighted by atomic mass is 16.5. The zero-order valence-electron chi connectivity index (χ0n) is 9.10. The number of amides is 1. The molecule has 0 saturated carbocycles. The number of rotatable bonds is 4. The van der Waals surface area contributed by atoms with Gasteiger partial charge in [-0.05, 0) is 12.8 Å². The molecule has 0 bridgehead atoms. The van der Waals surface area contributed by atoms with Crippen LogP contribution in [0.1, 0.15) is 19.8 Å². The number of aliphatic carboxylic acids is 1. The lowest BCUT2D eigenvalue weighted by molar-refractivity contribution is -0.143. The lowest BCUT2D eigenvalue weighted by Gasteiger charge is -2.21. The fourth-order valence-electron chi connectivity index (χ4n) is 1.81. The van der Waals surface area contributed by atoms with E-state index in [4.69, 9.17) is 9.84 Å². The summed E-state index contributed by atoms with van der Waals surface area (Å²) < 4.78 is 5.03. The predicted octanol–water partition coefficient (Wildman–Crippen LogP) is 0.344. The zero-order valence-corrected chi connectivity index (χ0v) is 9.10. The van der Waals surface area contributed by atoms with Crippen LogP contribution in [-0.2, 0) is 14.3 Å². The van der Waals surface area contributed by atoms with E-state index in [0.29, 0.717) is 25.9 Å². The number of carbonyl (C=O) groups excluding carboxylic acids is 1. The van der Waals surface area contributed by atoms with E-state index < -0.39 is 18.0 Å². The number of carbonyl (C=O) groups is 2. The molecule has 15 heavy (non-hydrogen) atoms.